The van der Waals surface area contributed by atoms with Crippen molar-refractivity contribution in [2.24, 2.45) is 0 Å². The Hall–Kier alpha value is -2.60. The molecule has 1 aromatic heterocycles. The van der Waals surface area contributed by atoms with Crippen LogP contribution in [0.15, 0.2) is 59.8 Å². The first-order chi connectivity index (χ1) is 11.0. The molecule has 6 heteroatoms. The molecule has 3 rings (SSSR count). The molecule has 0 bridgehead atoms. The lowest BCUT2D eigenvalue weighted by atomic mass is 10.2. The molecule has 0 unspecified atom stereocenters. The number of aryl methyl sites for hydroxylation is 2. The standard InChI is InChI=1S/C17H17N3O2S/c1-12-3-4-13(2)16(11-12)23(21,22)20-15-7-5-14(6-8-15)17-18-9-10-19-17/h3-11,20H,1-2H3,(H,18,19). The van der Waals surface area contributed by atoms with E-state index in [-0.39, 0.29) is 0 Å². The third-order valence-electron chi connectivity index (χ3n) is 3.54. The van der Waals surface area contributed by atoms with Crippen LogP contribution in [0.25, 0.3) is 11.4 Å². The van der Waals surface area contributed by atoms with E-state index in [4.69, 9.17) is 0 Å². The van der Waals surface area contributed by atoms with Crippen molar-refractivity contribution >= 4 is 15.7 Å². The molecule has 0 fully saturated rings. The number of nitrogens with one attached hydrogen (secondary N) is 2. The lowest BCUT2D eigenvalue weighted by molar-refractivity contribution is 0.600. The Kier molecular flexibility index (Phi) is 3.92. The molecular weight excluding hydrogens is 310 g/mol. The highest BCUT2D eigenvalue weighted by atomic mass is 32.2. The molecule has 0 saturated heterocycles. The first-order valence-corrected chi connectivity index (χ1v) is 8.64. The quantitative estimate of drug-likeness (QED) is 0.770. The smallest absolute Gasteiger partial charge is 0.262 e. The lowest BCUT2D eigenvalue weighted by Gasteiger charge is -2.11. The predicted octanol–water partition coefficient (Wildman–Crippen LogP) is 3.49. The van der Waals surface area contributed by atoms with E-state index in [2.05, 4.69) is 14.7 Å². The second-order valence-corrected chi connectivity index (χ2v) is 7.04. The zero-order valence-corrected chi connectivity index (χ0v) is 13.7. The summed E-state index contributed by atoms with van der Waals surface area (Å²) >= 11 is 0. The molecule has 2 N–H and O–H groups in total. The highest BCUT2D eigenvalue weighted by Gasteiger charge is 2.17. The number of sulfonamides is 1. The number of anilines is 1. The maximum atomic E-state index is 12.6. The minimum absolute atomic E-state index is 0.299. The Morgan fingerprint density at radius 3 is 2.43 bits per heavy atom. The topological polar surface area (TPSA) is 74.8 Å². The van der Waals surface area contributed by atoms with Crippen LogP contribution in [0.4, 0.5) is 5.69 Å². The van der Waals surface area contributed by atoms with Crippen molar-refractivity contribution in [2.45, 2.75) is 18.7 Å². The zero-order valence-electron chi connectivity index (χ0n) is 12.9. The van der Waals surface area contributed by atoms with Crippen molar-refractivity contribution in [3.8, 4) is 11.4 Å². The van der Waals surface area contributed by atoms with Gasteiger partial charge in [-0.05, 0) is 55.3 Å². The molecule has 0 amide bonds. The highest BCUT2D eigenvalue weighted by Crippen LogP contribution is 2.22. The summed E-state index contributed by atoms with van der Waals surface area (Å²) in [7, 11) is -3.61. The number of rotatable bonds is 4. The van der Waals surface area contributed by atoms with E-state index in [0.717, 1.165) is 22.5 Å². The van der Waals surface area contributed by atoms with Crippen LogP contribution >= 0.6 is 0 Å². The number of benzene rings is 2. The summed E-state index contributed by atoms with van der Waals surface area (Å²) in [5.74, 6) is 0.744. The fourth-order valence-corrected chi connectivity index (χ4v) is 3.72. The van der Waals surface area contributed by atoms with Gasteiger partial charge in [0.2, 0.25) is 0 Å². The van der Waals surface area contributed by atoms with Crippen molar-refractivity contribution in [2.75, 3.05) is 4.72 Å². The molecular formula is C17H17N3O2S. The van der Waals surface area contributed by atoms with Gasteiger partial charge in [0.1, 0.15) is 5.82 Å². The van der Waals surface area contributed by atoms with Gasteiger partial charge in [-0.15, -0.1) is 0 Å². The van der Waals surface area contributed by atoms with E-state index in [1.165, 1.54) is 0 Å². The number of H-pyrrole nitrogens is 1. The molecule has 3 aromatic rings. The van der Waals surface area contributed by atoms with E-state index in [1.807, 2.05) is 31.2 Å². The molecule has 2 aromatic carbocycles. The van der Waals surface area contributed by atoms with Crippen LogP contribution in [0, 0.1) is 13.8 Å². The van der Waals surface area contributed by atoms with Gasteiger partial charge in [0.15, 0.2) is 0 Å². The minimum Gasteiger partial charge on any atom is -0.345 e. The molecule has 1 heterocycles. The molecule has 0 spiro atoms. The average molecular weight is 327 g/mol. The van der Waals surface area contributed by atoms with Gasteiger partial charge in [0.05, 0.1) is 4.90 Å². The Bertz CT molecular complexity index is 915. The summed E-state index contributed by atoms with van der Waals surface area (Å²) in [6.45, 7) is 3.66. The van der Waals surface area contributed by atoms with Crippen LogP contribution in [0.1, 0.15) is 11.1 Å². The van der Waals surface area contributed by atoms with Crippen LogP contribution in [0.3, 0.4) is 0 Å². The fraction of sp³-hybridized carbons (Fsp3) is 0.118. The van der Waals surface area contributed by atoms with E-state index < -0.39 is 10.0 Å². The van der Waals surface area contributed by atoms with Gasteiger partial charge in [-0.1, -0.05) is 12.1 Å². The van der Waals surface area contributed by atoms with Gasteiger partial charge < -0.3 is 4.98 Å². The summed E-state index contributed by atoms with van der Waals surface area (Å²) in [5.41, 5.74) is 3.03. The van der Waals surface area contributed by atoms with Crippen molar-refractivity contribution in [1.29, 1.82) is 0 Å². The predicted molar refractivity (Wildman–Crippen MR) is 90.7 cm³/mol. The highest BCUT2D eigenvalue weighted by molar-refractivity contribution is 7.92. The maximum Gasteiger partial charge on any atom is 0.262 e. The summed E-state index contributed by atoms with van der Waals surface area (Å²) in [5, 5.41) is 0. The van der Waals surface area contributed by atoms with E-state index >= 15 is 0 Å². The van der Waals surface area contributed by atoms with Gasteiger partial charge in [-0.3, -0.25) is 4.72 Å². The second kappa shape index (κ2) is 5.89. The molecule has 0 aliphatic rings. The van der Waals surface area contributed by atoms with Crippen molar-refractivity contribution in [3.63, 3.8) is 0 Å². The van der Waals surface area contributed by atoms with Crippen LogP contribution in [0.5, 0.6) is 0 Å². The van der Waals surface area contributed by atoms with E-state index in [0.29, 0.717) is 10.6 Å². The Labute approximate surface area is 135 Å². The maximum absolute atomic E-state index is 12.6. The van der Waals surface area contributed by atoms with Crippen LogP contribution in [-0.4, -0.2) is 18.4 Å². The van der Waals surface area contributed by atoms with Crippen molar-refractivity contribution < 1.29 is 8.42 Å². The molecule has 118 valence electrons. The summed E-state index contributed by atoms with van der Waals surface area (Å²) in [6.07, 6.45) is 3.42. The largest absolute Gasteiger partial charge is 0.345 e. The number of aromatic amines is 1. The van der Waals surface area contributed by atoms with E-state index in [1.54, 1.807) is 37.5 Å². The third-order valence-corrected chi connectivity index (χ3v) is 5.07. The van der Waals surface area contributed by atoms with Gasteiger partial charge in [-0.25, -0.2) is 13.4 Å². The molecule has 23 heavy (non-hydrogen) atoms. The normalized spacial score (nSPS) is 11.4. The van der Waals surface area contributed by atoms with Gasteiger partial charge in [0.25, 0.3) is 10.0 Å². The van der Waals surface area contributed by atoms with Crippen LogP contribution in [0.2, 0.25) is 0 Å². The third kappa shape index (κ3) is 3.27. The average Bonchev–Trinajstić information content (AvgIpc) is 3.04. The van der Waals surface area contributed by atoms with E-state index in [9.17, 15) is 8.42 Å². The molecule has 5 nitrogen and oxygen atoms in total. The monoisotopic (exact) mass is 327 g/mol. The number of hydrogen-bond donors (Lipinski definition) is 2. The van der Waals surface area contributed by atoms with Gasteiger partial charge in [0, 0.05) is 23.6 Å². The van der Waals surface area contributed by atoms with Crippen LogP contribution in [-0.2, 0) is 10.0 Å². The second-order valence-electron chi connectivity index (χ2n) is 5.39. The first kappa shape index (κ1) is 15.3. The molecule has 0 radical (unpaired) electrons. The van der Waals surface area contributed by atoms with Gasteiger partial charge >= 0.3 is 0 Å². The fourth-order valence-electron chi connectivity index (χ4n) is 2.33. The van der Waals surface area contributed by atoms with Crippen LogP contribution < -0.4 is 4.72 Å². The SMILES string of the molecule is Cc1ccc(C)c(S(=O)(=O)Nc2ccc(-c3ncc[nH]3)cc2)c1. The number of aromatic nitrogens is 2. The minimum atomic E-state index is -3.61. The Morgan fingerprint density at radius 1 is 1.04 bits per heavy atom. The van der Waals surface area contributed by atoms with Gasteiger partial charge in [-0.2, -0.15) is 0 Å². The molecule has 0 aliphatic heterocycles. The molecule has 0 atom stereocenters. The number of hydrogen-bond acceptors (Lipinski definition) is 3. The molecule has 0 aliphatic carbocycles. The Morgan fingerprint density at radius 2 is 1.78 bits per heavy atom. The number of imidazole rings is 1. The summed E-state index contributed by atoms with van der Waals surface area (Å²) in [4.78, 5) is 7.48. The van der Waals surface area contributed by atoms with Crippen molar-refractivity contribution in [3.05, 3.63) is 66.0 Å². The molecule has 0 saturated carbocycles. The lowest BCUT2D eigenvalue weighted by Crippen LogP contribution is -2.14. The summed E-state index contributed by atoms with van der Waals surface area (Å²) < 4.78 is 27.7. The van der Waals surface area contributed by atoms with Crippen molar-refractivity contribution in [1.82, 2.24) is 9.97 Å². The first-order valence-electron chi connectivity index (χ1n) is 7.15. The summed E-state index contributed by atoms with van der Waals surface area (Å²) in [6, 6.07) is 12.5. The Balaban J connectivity index is 1.87. The zero-order chi connectivity index (χ0) is 16.4. The number of nitrogens with zero attached hydrogens (tertiary/aromatic N) is 1.